The summed E-state index contributed by atoms with van der Waals surface area (Å²) >= 11 is 0. The molecule has 0 radical (unpaired) electrons. The fraction of sp³-hybridized carbons (Fsp3) is 0.308. The largest absolute Gasteiger partial charge is 0.389 e. The van der Waals surface area contributed by atoms with Crippen molar-refractivity contribution in [2.24, 2.45) is 0 Å². The minimum absolute atomic E-state index is 0.331. The monoisotopic (exact) mass is 247 g/mol. The Kier molecular flexibility index (Phi) is 4.09. The summed E-state index contributed by atoms with van der Waals surface area (Å²) in [5, 5.41) is 26.6. The molecule has 0 spiro atoms. The van der Waals surface area contributed by atoms with Gasteiger partial charge in [-0.1, -0.05) is 18.2 Å². The Morgan fingerprint density at radius 1 is 1.28 bits per heavy atom. The Labute approximate surface area is 106 Å². The molecular formula is C13H17N3O2. The zero-order chi connectivity index (χ0) is 13.0. The summed E-state index contributed by atoms with van der Waals surface area (Å²) in [6, 6.07) is 9.62. The Balaban J connectivity index is 2.15. The lowest BCUT2D eigenvalue weighted by Gasteiger charge is -2.15. The van der Waals surface area contributed by atoms with Gasteiger partial charge < -0.3 is 15.5 Å². The Bertz CT molecular complexity index is 484. The molecule has 0 saturated carbocycles. The molecule has 0 amide bonds. The van der Waals surface area contributed by atoms with Crippen molar-refractivity contribution >= 4 is 0 Å². The average Bonchev–Trinajstić information content (AvgIpc) is 2.89. The number of nitrogens with one attached hydrogen (secondary N) is 1. The second-order valence-electron chi connectivity index (χ2n) is 4.12. The van der Waals surface area contributed by atoms with Crippen LogP contribution in [0.4, 0.5) is 0 Å². The van der Waals surface area contributed by atoms with Crippen LogP contribution in [0.3, 0.4) is 0 Å². The number of aromatic nitrogens is 2. The van der Waals surface area contributed by atoms with Crippen molar-refractivity contribution in [2.45, 2.75) is 12.2 Å². The first-order chi connectivity index (χ1) is 8.72. The van der Waals surface area contributed by atoms with Crippen LogP contribution in [0.1, 0.15) is 11.7 Å². The van der Waals surface area contributed by atoms with Crippen molar-refractivity contribution in [3.8, 4) is 5.69 Å². The topological polar surface area (TPSA) is 70.3 Å². The van der Waals surface area contributed by atoms with E-state index in [1.165, 1.54) is 0 Å². The molecule has 0 aliphatic carbocycles. The van der Waals surface area contributed by atoms with Crippen LogP contribution in [-0.2, 0) is 0 Å². The van der Waals surface area contributed by atoms with Gasteiger partial charge in [0.05, 0.1) is 18.0 Å². The van der Waals surface area contributed by atoms with Crippen molar-refractivity contribution in [3.63, 3.8) is 0 Å². The highest BCUT2D eigenvalue weighted by Gasteiger charge is 2.19. The number of para-hydroxylation sites is 1. The van der Waals surface area contributed by atoms with Crippen LogP contribution < -0.4 is 5.32 Å². The van der Waals surface area contributed by atoms with Gasteiger partial charge in [0.1, 0.15) is 6.10 Å². The number of hydrogen-bond donors (Lipinski definition) is 3. The molecule has 18 heavy (non-hydrogen) atoms. The lowest BCUT2D eigenvalue weighted by molar-refractivity contribution is 0.0202. The van der Waals surface area contributed by atoms with Gasteiger partial charge in [0.25, 0.3) is 0 Å². The Morgan fingerprint density at radius 2 is 2.00 bits per heavy atom. The Morgan fingerprint density at radius 3 is 2.67 bits per heavy atom. The molecule has 0 saturated heterocycles. The third-order valence-electron chi connectivity index (χ3n) is 2.74. The maximum Gasteiger partial charge on any atom is 0.109 e. The van der Waals surface area contributed by atoms with Crippen LogP contribution in [0, 0.1) is 0 Å². The molecule has 0 aliphatic heterocycles. The highest BCUT2D eigenvalue weighted by atomic mass is 16.3. The number of benzene rings is 1. The first-order valence-corrected chi connectivity index (χ1v) is 5.83. The van der Waals surface area contributed by atoms with Gasteiger partial charge in [-0.15, -0.1) is 0 Å². The number of aliphatic hydroxyl groups excluding tert-OH is 2. The molecule has 0 bridgehead atoms. The summed E-state index contributed by atoms with van der Waals surface area (Å²) in [5.41, 5.74) is 1.51. The van der Waals surface area contributed by atoms with E-state index in [1.807, 2.05) is 30.3 Å². The molecule has 2 unspecified atom stereocenters. The molecule has 1 aromatic carbocycles. The third-order valence-corrected chi connectivity index (χ3v) is 2.74. The van der Waals surface area contributed by atoms with Crippen LogP contribution in [0.2, 0.25) is 0 Å². The van der Waals surface area contributed by atoms with Crippen molar-refractivity contribution in [1.82, 2.24) is 15.1 Å². The van der Waals surface area contributed by atoms with Gasteiger partial charge in [0.2, 0.25) is 0 Å². The summed E-state index contributed by atoms with van der Waals surface area (Å²) in [7, 11) is 1.73. The molecule has 0 fully saturated rings. The predicted octanol–water partition coefficient (Wildman–Crippen LogP) is 0.486. The molecule has 1 aromatic heterocycles. The number of hydrogen-bond acceptors (Lipinski definition) is 4. The van der Waals surface area contributed by atoms with Crippen LogP contribution in [0.15, 0.2) is 42.7 Å². The maximum absolute atomic E-state index is 9.94. The zero-order valence-corrected chi connectivity index (χ0v) is 10.2. The zero-order valence-electron chi connectivity index (χ0n) is 10.2. The molecule has 2 atom stereocenters. The molecule has 5 heteroatoms. The van der Waals surface area contributed by atoms with Crippen molar-refractivity contribution in [3.05, 3.63) is 48.3 Å². The van der Waals surface area contributed by atoms with E-state index < -0.39 is 12.2 Å². The minimum atomic E-state index is -0.935. The number of aliphatic hydroxyl groups is 2. The van der Waals surface area contributed by atoms with E-state index in [0.717, 1.165) is 5.69 Å². The van der Waals surface area contributed by atoms with E-state index in [4.69, 9.17) is 0 Å². The van der Waals surface area contributed by atoms with Gasteiger partial charge in [0.15, 0.2) is 0 Å². The SMILES string of the molecule is CNCC(O)C(O)c1cnn(-c2ccccc2)c1. The number of nitrogens with zero attached hydrogens (tertiary/aromatic N) is 2. The van der Waals surface area contributed by atoms with Gasteiger partial charge in [-0.25, -0.2) is 4.68 Å². The van der Waals surface area contributed by atoms with E-state index >= 15 is 0 Å². The van der Waals surface area contributed by atoms with Crippen molar-refractivity contribution < 1.29 is 10.2 Å². The van der Waals surface area contributed by atoms with Crippen molar-refractivity contribution in [1.29, 1.82) is 0 Å². The van der Waals surface area contributed by atoms with E-state index in [0.29, 0.717) is 12.1 Å². The van der Waals surface area contributed by atoms with Gasteiger partial charge in [-0.05, 0) is 19.2 Å². The minimum Gasteiger partial charge on any atom is -0.389 e. The normalized spacial score (nSPS) is 14.4. The van der Waals surface area contributed by atoms with Crippen LogP contribution in [-0.4, -0.2) is 39.7 Å². The van der Waals surface area contributed by atoms with Crippen LogP contribution in [0.25, 0.3) is 5.69 Å². The first kappa shape index (κ1) is 12.8. The summed E-state index contributed by atoms with van der Waals surface area (Å²) in [6.07, 6.45) is 1.51. The van der Waals surface area contributed by atoms with E-state index in [2.05, 4.69) is 10.4 Å². The third kappa shape index (κ3) is 2.76. The van der Waals surface area contributed by atoms with Gasteiger partial charge in [-0.2, -0.15) is 5.10 Å². The fourth-order valence-electron chi connectivity index (χ4n) is 1.75. The summed E-state index contributed by atoms with van der Waals surface area (Å²) < 4.78 is 1.67. The summed E-state index contributed by atoms with van der Waals surface area (Å²) in [6.45, 7) is 0.331. The molecule has 5 nitrogen and oxygen atoms in total. The molecular weight excluding hydrogens is 230 g/mol. The molecule has 2 rings (SSSR count). The van der Waals surface area contributed by atoms with Gasteiger partial charge in [0, 0.05) is 18.3 Å². The lowest BCUT2D eigenvalue weighted by atomic mass is 10.1. The molecule has 0 aliphatic rings. The Hall–Kier alpha value is -1.69. The number of rotatable bonds is 5. The second-order valence-corrected chi connectivity index (χ2v) is 4.12. The summed E-state index contributed by atoms with van der Waals surface area (Å²) in [4.78, 5) is 0. The standard InChI is InChI=1S/C13H17N3O2/c1-14-8-12(17)13(18)10-7-15-16(9-10)11-5-3-2-4-6-11/h2-7,9,12-14,17-18H,8H2,1H3. The second kappa shape index (κ2) is 5.77. The predicted molar refractivity (Wildman–Crippen MR) is 68.5 cm³/mol. The molecule has 2 aromatic rings. The van der Waals surface area contributed by atoms with Gasteiger partial charge >= 0.3 is 0 Å². The van der Waals surface area contributed by atoms with Crippen LogP contribution in [0.5, 0.6) is 0 Å². The maximum atomic E-state index is 9.94. The molecule has 96 valence electrons. The van der Waals surface area contributed by atoms with Crippen LogP contribution >= 0.6 is 0 Å². The smallest absolute Gasteiger partial charge is 0.109 e. The fourth-order valence-corrected chi connectivity index (χ4v) is 1.75. The first-order valence-electron chi connectivity index (χ1n) is 5.83. The highest BCUT2D eigenvalue weighted by molar-refractivity contribution is 5.31. The van der Waals surface area contributed by atoms with E-state index in [9.17, 15) is 10.2 Å². The van der Waals surface area contributed by atoms with Crippen molar-refractivity contribution in [2.75, 3.05) is 13.6 Å². The number of likely N-dealkylation sites (N-methyl/N-ethyl adjacent to an activating group) is 1. The van der Waals surface area contributed by atoms with E-state index in [1.54, 1.807) is 24.1 Å². The van der Waals surface area contributed by atoms with E-state index in [-0.39, 0.29) is 0 Å². The van der Waals surface area contributed by atoms with Gasteiger partial charge in [-0.3, -0.25) is 0 Å². The lowest BCUT2D eigenvalue weighted by Crippen LogP contribution is -2.29. The average molecular weight is 247 g/mol. The molecule has 1 heterocycles. The summed E-state index contributed by atoms with van der Waals surface area (Å²) in [5.74, 6) is 0. The highest BCUT2D eigenvalue weighted by Crippen LogP contribution is 2.17. The molecule has 3 N–H and O–H groups in total. The quantitative estimate of drug-likeness (QED) is 0.719.